The summed E-state index contributed by atoms with van der Waals surface area (Å²) in [6, 6.07) is 25.5. The molecule has 0 radical (unpaired) electrons. The fourth-order valence-corrected chi connectivity index (χ4v) is 4.13. The Labute approximate surface area is 172 Å². The largest absolute Gasteiger partial charge is 0.497 e. The maximum Gasteiger partial charge on any atom is 0.240 e. The Bertz CT molecular complexity index is 1070. The third-order valence-corrected chi connectivity index (χ3v) is 5.91. The highest BCUT2D eigenvalue weighted by Crippen LogP contribution is 2.17. The molecule has 3 aromatic rings. The lowest BCUT2D eigenvalue weighted by Crippen LogP contribution is -2.36. The van der Waals surface area contributed by atoms with Crippen molar-refractivity contribution in [3.63, 3.8) is 0 Å². The van der Waals surface area contributed by atoms with E-state index in [2.05, 4.69) is 16.6 Å². The summed E-state index contributed by atoms with van der Waals surface area (Å²) in [5.74, 6) is 6.83. The van der Waals surface area contributed by atoms with Crippen LogP contribution in [0.4, 0.5) is 0 Å². The van der Waals surface area contributed by atoms with E-state index in [4.69, 9.17) is 4.74 Å². The predicted octanol–water partition coefficient (Wildman–Crippen LogP) is 4.03. The summed E-state index contributed by atoms with van der Waals surface area (Å²) in [6.45, 7) is 0. The van der Waals surface area contributed by atoms with E-state index in [0.29, 0.717) is 18.6 Å². The minimum absolute atomic E-state index is 0.201. The Morgan fingerprint density at radius 1 is 0.897 bits per heavy atom. The van der Waals surface area contributed by atoms with Crippen LogP contribution in [0.1, 0.15) is 17.5 Å². The van der Waals surface area contributed by atoms with E-state index in [1.54, 1.807) is 19.2 Å². The van der Waals surface area contributed by atoms with Crippen LogP contribution in [-0.2, 0) is 16.4 Å². The highest BCUT2D eigenvalue weighted by molar-refractivity contribution is 7.89. The average molecular weight is 406 g/mol. The first kappa shape index (κ1) is 20.7. The van der Waals surface area contributed by atoms with Gasteiger partial charge in [-0.05, 0) is 48.4 Å². The molecular formula is C24H23NO3S. The maximum absolute atomic E-state index is 12.9. The van der Waals surface area contributed by atoms with Crippen molar-refractivity contribution in [2.45, 2.75) is 23.8 Å². The van der Waals surface area contributed by atoms with Crippen molar-refractivity contribution in [1.82, 2.24) is 4.72 Å². The van der Waals surface area contributed by atoms with Gasteiger partial charge in [0.25, 0.3) is 0 Å². The van der Waals surface area contributed by atoms with Gasteiger partial charge < -0.3 is 4.74 Å². The minimum atomic E-state index is -3.67. The molecule has 0 saturated heterocycles. The number of methoxy groups -OCH3 is 1. The van der Waals surface area contributed by atoms with Crippen LogP contribution >= 0.6 is 0 Å². The van der Waals surface area contributed by atoms with Crippen LogP contribution in [-0.4, -0.2) is 21.6 Å². The van der Waals surface area contributed by atoms with Crippen LogP contribution in [0.2, 0.25) is 0 Å². The van der Waals surface area contributed by atoms with Crippen molar-refractivity contribution in [3.8, 4) is 17.6 Å². The lowest BCUT2D eigenvalue weighted by atomic mass is 10.0. The van der Waals surface area contributed by atoms with Gasteiger partial charge in [-0.15, -0.1) is 0 Å². The van der Waals surface area contributed by atoms with Crippen LogP contribution in [0.25, 0.3) is 0 Å². The summed E-state index contributed by atoms with van der Waals surface area (Å²) in [4.78, 5) is 0.201. The van der Waals surface area contributed by atoms with E-state index >= 15 is 0 Å². The Hall–Kier alpha value is -3.07. The van der Waals surface area contributed by atoms with Crippen LogP contribution < -0.4 is 9.46 Å². The summed E-state index contributed by atoms with van der Waals surface area (Å²) >= 11 is 0. The van der Waals surface area contributed by atoms with Gasteiger partial charge in [-0.25, -0.2) is 13.1 Å². The molecule has 0 spiro atoms. The number of sulfonamides is 1. The van der Waals surface area contributed by atoms with Crippen molar-refractivity contribution in [2.24, 2.45) is 0 Å². The lowest BCUT2D eigenvalue weighted by Gasteiger charge is -2.17. The molecule has 0 saturated carbocycles. The normalized spacial score (nSPS) is 11.9. The molecule has 1 N–H and O–H groups in total. The lowest BCUT2D eigenvalue weighted by molar-refractivity contribution is 0.414. The van der Waals surface area contributed by atoms with E-state index in [-0.39, 0.29) is 10.9 Å². The first-order valence-corrected chi connectivity index (χ1v) is 10.8. The molecule has 0 amide bonds. The zero-order valence-corrected chi connectivity index (χ0v) is 17.0. The van der Waals surface area contributed by atoms with Gasteiger partial charge in [-0.3, -0.25) is 0 Å². The van der Waals surface area contributed by atoms with E-state index in [9.17, 15) is 8.42 Å². The van der Waals surface area contributed by atoms with Gasteiger partial charge in [0.2, 0.25) is 10.0 Å². The molecule has 148 valence electrons. The molecule has 0 heterocycles. The van der Waals surface area contributed by atoms with Crippen molar-refractivity contribution in [1.29, 1.82) is 0 Å². The highest BCUT2D eigenvalue weighted by atomic mass is 32.2. The molecule has 0 aliphatic rings. The maximum atomic E-state index is 12.9. The first-order valence-electron chi connectivity index (χ1n) is 9.31. The smallest absolute Gasteiger partial charge is 0.240 e. The summed E-state index contributed by atoms with van der Waals surface area (Å²) in [6.07, 6.45) is 0.957. The van der Waals surface area contributed by atoms with E-state index in [1.807, 2.05) is 60.7 Å². The molecule has 29 heavy (non-hydrogen) atoms. The van der Waals surface area contributed by atoms with Crippen molar-refractivity contribution < 1.29 is 13.2 Å². The summed E-state index contributed by atoms with van der Waals surface area (Å²) in [7, 11) is -2.13. The number of ether oxygens (including phenoxy) is 1. The highest BCUT2D eigenvalue weighted by Gasteiger charge is 2.20. The van der Waals surface area contributed by atoms with Crippen LogP contribution in [0.15, 0.2) is 89.8 Å². The second kappa shape index (κ2) is 9.92. The number of rotatable bonds is 7. The second-order valence-electron chi connectivity index (χ2n) is 6.56. The molecule has 5 heteroatoms. The predicted molar refractivity (Wildman–Crippen MR) is 115 cm³/mol. The molecule has 0 aromatic heterocycles. The molecule has 1 atom stereocenters. The quantitative estimate of drug-likeness (QED) is 0.604. The molecule has 0 aliphatic heterocycles. The van der Waals surface area contributed by atoms with Crippen molar-refractivity contribution >= 4 is 10.0 Å². The van der Waals surface area contributed by atoms with Crippen LogP contribution in [0.3, 0.4) is 0 Å². The van der Waals surface area contributed by atoms with Gasteiger partial charge in [0, 0.05) is 18.0 Å². The third kappa shape index (κ3) is 6.21. The summed E-state index contributed by atoms with van der Waals surface area (Å²) < 4.78 is 33.6. The Morgan fingerprint density at radius 3 is 2.14 bits per heavy atom. The zero-order valence-electron chi connectivity index (χ0n) is 16.2. The molecule has 0 fully saturated rings. The van der Waals surface area contributed by atoms with Gasteiger partial charge in [0.1, 0.15) is 5.75 Å². The number of hydrogen-bond donors (Lipinski definition) is 1. The van der Waals surface area contributed by atoms with Gasteiger partial charge >= 0.3 is 0 Å². The Balaban J connectivity index is 1.78. The molecule has 0 unspecified atom stereocenters. The molecular weight excluding hydrogens is 382 g/mol. The van der Waals surface area contributed by atoms with Crippen LogP contribution in [0, 0.1) is 11.8 Å². The monoisotopic (exact) mass is 405 g/mol. The SMILES string of the molecule is COc1ccc(S(=O)(=O)N[C@@H](CC#Cc2ccccc2)Cc2ccccc2)cc1. The zero-order chi connectivity index (χ0) is 20.5. The average Bonchev–Trinajstić information content (AvgIpc) is 2.75. The Morgan fingerprint density at radius 2 is 1.52 bits per heavy atom. The second-order valence-corrected chi connectivity index (χ2v) is 8.27. The number of benzene rings is 3. The fourth-order valence-electron chi connectivity index (χ4n) is 2.89. The van der Waals surface area contributed by atoms with E-state index in [0.717, 1.165) is 11.1 Å². The van der Waals surface area contributed by atoms with Crippen molar-refractivity contribution in [3.05, 3.63) is 96.1 Å². The van der Waals surface area contributed by atoms with E-state index < -0.39 is 10.0 Å². The topological polar surface area (TPSA) is 55.4 Å². The summed E-state index contributed by atoms with van der Waals surface area (Å²) in [5.41, 5.74) is 1.96. The number of nitrogens with one attached hydrogen (secondary N) is 1. The summed E-state index contributed by atoms with van der Waals surface area (Å²) in [5, 5.41) is 0. The minimum Gasteiger partial charge on any atom is -0.497 e. The third-order valence-electron chi connectivity index (χ3n) is 4.37. The van der Waals surface area contributed by atoms with Crippen molar-refractivity contribution in [2.75, 3.05) is 7.11 Å². The first-order chi connectivity index (χ1) is 14.1. The van der Waals surface area contributed by atoms with Gasteiger partial charge in [0.05, 0.1) is 12.0 Å². The molecule has 3 rings (SSSR count). The molecule has 0 aliphatic carbocycles. The fraction of sp³-hybridized carbons (Fsp3) is 0.167. The van der Waals surface area contributed by atoms with E-state index in [1.165, 1.54) is 12.1 Å². The Kier molecular flexibility index (Phi) is 7.07. The van der Waals surface area contributed by atoms with Gasteiger partial charge in [-0.1, -0.05) is 60.4 Å². The molecule has 3 aromatic carbocycles. The number of hydrogen-bond acceptors (Lipinski definition) is 3. The molecule has 0 bridgehead atoms. The van der Waals surface area contributed by atoms with Gasteiger partial charge in [0.15, 0.2) is 0 Å². The van der Waals surface area contributed by atoms with Gasteiger partial charge in [-0.2, -0.15) is 0 Å². The standard InChI is InChI=1S/C24H23NO3S/c1-28-23-15-17-24(18-16-23)29(26,27)25-22(19-21-11-6-3-7-12-21)14-8-13-20-9-4-2-5-10-20/h2-7,9-12,15-18,22,25H,14,19H2,1H3/t22-/m0/s1. The molecule has 4 nitrogen and oxygen atoms in total. The van der Waals surface area contributed by atoms with Crippen LogP contribution in [0.5, 0.6) is 5.75 Å².